The van der Waals surface area contributed by atoms with E-state index in [4.69, 9.17) is 23.2 Å². The van der Waals surface area contributed by atoms with E-state index in [0.29, 0.717) is 16.3 Å². The van der Waals surface area contributed by atoms with Gasteiger partial charge >= 0.3 is 0 Å². The summed E-state index contributed by atoms with van der Waals surface area (Å²) in [5.74, 6) is 0.962. The molecule has 1 aliphatic heterocycles. The lowest BCUT2D eigenvalue weighted by molar-refractivity contribution is 0.113. The van der Waals surface area contributed by atoms with Crippen molar-refractivity contribution in [3.63, 3.8) is 0 Å². The van der Waals surface area contributed by atoms with Crippen LogP contribution in [0.15, 0.2) is 0 Å². The smallest absolute Gasteiger partial charge is 0.137 e. The van der Waals surface area contributed by atoms with Crippen LogP contribution in [0.1, 0.15) is 31.2 Å². The molecular weight excluding hydrogens is 295 g/mol. The number of hydrogen-bond acceptors (Lipinski definition) is 4. The lowest BCUT2D eigenvalue weighted by Gasteiger charge is -2.37. The molecule has 1 aromatic heterocycles. The topological polar surface area (TPSA) is 32.3 Å². The maximum Gasteiger partial charge on any atom is 0.137 e. The highest BCUT2D eigenvalue weighted by molar-refractivity contribution is 6.34. The minimum atomic E-state index is 0.229. The normalized spacial score (nSPS) is 21.6. The van der Waals surface area contributed by atoms with E-state index in [1.165, 1.54) is 0 Å². The van der Waals surface area contributed by atoms with E-state index in [9.17, 15) is 0 Å². The molecule has 0 bridgehead atoms. The van der Waals surface area contributed by atoms with E-state index < -0.39 is 0 Å². The minimum absolute atomic E-state index is 0.229. The molecule has 0 N–H and O–H groups in total. The maximum absolute atomic E-state index is 6.25. The first-order chi connectivity index (χ1) is 9.38. The van der Waals surface area contributed by atoms with Crippen molar-refractivity contribution in [2.75, 3.05) is 33.7 Å². The monoisotopic (exact) mass is 316 g/mol. The molecule has 20 heavy (non-hydrogen) atoms. The summed E-state index contributed by atoms with van der Waals surface area (Å²) >= 11 is 12.5. The first-order valence-corrected chi connectivity index (χ1v) is 7.74. The molecule has 0 radical (unpaired) electrons. The Hall–Kier alpha value is -0.420. The molecule has 6 heteroatoms. The van der Waals surface area contributed by atoms with Gasteiger partial charge in [0.1, 0.15) is 16.1 Å². The maximum atomic E-state index is 6.25. The number of piperazine rings is 1. The van der Waals surface area contributed by atoms with Gasteiger partial charge in [-0.05, 0) is 20.0 Å². The lowest BCUT2D eigenvalue weighted by Crippen LogP contribution is -2.51. The average molecular weight is 317 g/mol. The molecule has 1 saturated heterocycles. The highest BCUT2D eigenvalue weighted by Gasteiger charge is 2.24. The predicted octanol–water partition coefficient (Wildman–Crippen LogP) is 2.70. The van der Waals surface area contributed by atoms with Gasteiger partial charge < -0.3 is 9.80 Å². The fourth-order valence-electron chi connectivity index (χ4n) is 2.56. The predicted molar refractivity (Wildman–Crippen MR) is 83.8 cm³/mol. The Morgan fingerprint density at radius 2 is 1.75 bits per heavy atom. The van der Waals surface area contributed by atoms with E-state index in [-0.39, 0.29) is 5.92 Å². The molecule has 1 atom stereocenters. The standard InChI is InChI=1S/C14H22Cl2N4/c1-9(2)12-13(15)17-11(18-14(12)16)7-10-8-19(3)5-6-20(10)4/h9-10H,5-8H2,1-4H3. The third kappa shape index (κ3) is 3.61. The third-order valence-electron chi connectivity index (χ3n) is 3.87. The number of likely N-dealkylation sites (N-methyl/N-ethyl adjacent to an activating group) is 2. The van der Waals surface area contributed by atoms with Gasteiger partial charge in [-0.1, -0.05) is 37.0 Å². The van der Waals surface area contributed by atoms with Gasteiger partial charge in [0.2, 0.25) is 0 Å². The average Bonchev–Trinajstić information content (AvgIpc) is 2.32. The van der Waals surface area contributed by atoms with E-state index in [0.717, 1.165) is 37.4 Å². The Balaban J connectivity index is 2.17. The summed E-state index contributed by atoms with van der Waals surface area (Å²) in [6.07, 6.45) is 0.776. The van der Waals surface area contributed by atoms with Gasteiger partial charge in [-0.2, -0.15) is 0 Å². The lowest BCUT2D eigenvalue weighted by atomic mass is 10.1. The molecule has 0 aliphatic carbocycles. The van der Waals surface area contributed by atoms with E-state index in [2.05, 4.69) is 33.9 Å². The third-order valence-corrected chi connectivity index (χ3v) is 4.45. The summed E-state index contributed by atoms with van der Waals surface area (Å²) < 4.78 is 0. The van der Waals surface area contributed by atoms with Crippen molar-refractivity contribution in [2.45, 2.75) is 32.2 Å². The number of rotatable bonds is 3. The van der Waals surface area contributed by atoms with Gasteiger partial charge in [0.25, 0.3) is 0 Å². The zero-order valence-electron chi connectivity index (χ0n) is 12.5. The second-order valence-electron chi connectivity index (χ2n) is 5.89. The molecule has 2 heterocycles. The van der Waals surface area contributed by atoms with Crippen LogP contribution in [0.2, 0.25) is 10.3 Å². The van der Waals surface area contributed by atoms with Crippen molar-refractivity contribution in [2.24, 2.45) is 0 Å². The van der Waals surface area contributed by atoms with E-state index in [1.54, 1.807) is 0 Å². The zero-order chi connectivity index (χ0) is 14.9. The Morgan fingerprint density at radius 1 is 1.15 bits per heavy atom. The molecule has 1 aromatic rings. The zero-order valence-corrected chi connectivity index (χ0v) is 14.0. The van der Waals surface area contributed by atoms with Crippen molar-refractivity contribution in [1.82, 2.24) is 19.8 Å². The van der Waals surface area contributed by atoms with Crippen LogP contribution in [0.25, 0.3) is 0 Å². The largest absolute Gasteiger partial charge is 0.304 e. The van der Waals surface area contributed by atoms with Gasteiger partial charge in [-0.25, -0.2) is 9.97 Å². The first-order valence-electron chi connectivity index (χ1n) is 6.99. The fourth-order valence-corrected chi connectivity index (χ4v) is 3.42. The van der Waals surface area contributed by atoms with Gasteiger partial charge in [0.05, 0.1) is 0 Å². The van der Waals surface area contributed by atoms with Crippen LogP contribution < -0.4 is 0 Å². The van der Waals surface area contributed by atoms with Crippen LogP contribution in [-0.2, 0) is 6.42 Å². The summed E-state index contributed by atoms with van der Waals surface area (Å²) in [6.45, 7) is 7.26. The highest BCUT2D eigenvalue weighted by atomic mass is 35.5. The fraction of sp³-hybridized carbons (Fsp3) is 0.714. The van der Waals surface area contributed by atoms with Crippen LogP contribution in [0, 0.1) is 0 Å². The molecule has 0 aromatic carbocycles. The second kappa shape index (κ2) is 6.56. The molecular formula is C14H22Cl2N4. The molecule has 2 rings (SSSR count). The van der Waals surface area contributed by atoms with E-state index in [1.807, 2.05) is 13.8 Å². The summed E-state index contributed by atoms with van der Waals surface area (Å²) in [7, 11) is 4.28. The summed E-state index contributed by atoms with van der Waals surface area (Å²) in [4.78, 5) is 13.5. The van der Waals surface area contributed by atoms with Crippen molar-refractivity contribution >= 4 is 23.2 Å². The van der Waals surface area contributed by atoms with Crippen molar-refractivity contribution in [3.8, 4) is 0 Å². The molecule has 4 nitrogen and oxygen atoms in total. The van der Waals surface area contributed by atoms with Crippen molar-refractivity contribution in [3.05, 3.63) is 21.7 Å². The van der Waals surface area contributed by atoms with Crippen LogP contribution >= 0.6 is 23.2 Å². The van der Waals surface area contributed by atoms with Crippen molar-refractivity contribution < 1.29 is 0 Å². The molecule has 1 unspecified atom stereocenters. The Morgan fingerprint density at radius 3 is 2.30 bits per heavy atom. The second-order valence-corrected chi connectivity index (χ2v) is 6.61. The number of nitrogens with zero attached hydrogens (tertiary/aromatic N) is 4. The Labute approximate surface area is 131 Å². The SMILES string of the molecule is CC(C)c1c(Cl)nc(CC2CN(C)CCN2C)nc1Cl. The molecule has 1 aliphatic rings. The van der Waals surface area contributed by atoms with Crippen LogP contribution in [-0.4, -0.2) is 59.5 Å². The van der Waals surface area contributed by atoms with Gasteiger partial charge in [-0.15, -0.1) is 0 Å². The van der Waals surface area contributed by atoms with Gasteiger partial charge in [-0.3, -0.25) is 0 Å². The quantitative estimate of drug-likeness (QED) is 0.803. The summed E-state index contributed by atoms with van der Waals surface area (Å²) in [6, 6.07) is 0.408. The summed E-state index contributed by atoms with van der Waals surface area (Å²) in [5, 5.41) is 0.976. The van der Waals surface area contributed by atoms with Crippen molar-refractivity contribution in [1.29, 1.82) is 0 Å². The Bertz CT molecular complexity index is 455. The van der Waals surface area contributed by atoms with Crippen LogP contribution in [0.4, 0.5) is 0 Å². The number of halogens is 2. The number of hydrogen-bond donors (Lipinski definition) is 0. The molecule has 0 saturated carbocycles. The Kier molecular flexibility index (Phi) is 5.24. The van der Waals surface area contributed by atoms with Gasteiger partial charge in [0, 0.05) is 37.7 Å². The number of aromatic nitrogens is 2. The molecule has 1 fully saturated rings. The van der Waals surface area contributed by atoms with Crippen LogP contribution in [0.3, 0.4) is 0 Å². The van der Waals surface area contributed by atoms with Gasteiger partial charge in [0.15, 0.2) is 0 Å². The first kappa shape index (κ1) is 16.0. The van der Waals surface area contributed by atoms with Crippen LogP contribution in [0.5, 0.6) is 0 Å². The minimum Gasteiger partial charge on any atom is -0.304 e. The molecule has 0 spiro atoms. The summed E-state index contributed by atoms with van der Waals surface area (Å²) in [5.41, 5.74) is 0.839. The molecule has 0 amide bonds. The molecule has 112 valence electrons. The van der Waals surface area contributed by atoms with E-state index >= 15 is 0 Å². The highest BCUT2D eigenvalue weighted by Crippen LogP contribution is 2.29.